The monoisotopic (exact) mass is 757 g/mol. The van der Waals surface area contributed by atoms with Crippen LogP contribution in [0.1, 0.15) is 43.9 Å². The first-order valence-electron chi connectivity index (χ1n) is 17.0. The molecule has 0 aromatic heterocycles. The first kappa shape index (κ1) is 36.3. The minimum absolute atomic E-state index is 0.0714. The number of benzene rings is 4. The van der Waals surface area contributed by atoms with Gasteiger partial charge in [-0.1, -0.05) is 0 Å². The quantitative estimate of drug-likeness (QED) is 0.0985. The molecule has 9 nitrogen and oxygen atoms in total. The van der Waals surface area contributed by atoms with Crippen LogP contribution < -0.4 is 9.20 Å². The Labute approximate surface area is 305 Å². The van der Waals surface area contributed by atoms with Crippen molar-refractivity contribution >= 4 is 37.3 Å². The van der Waals surface area contributed by atoms with Crippen LogP contribution in [0.4, 0.5) is 0 Å². The van der Waals surface area contributed by atoms with E-state index in [0.29, 0.717) is 11.3 Å². The summed E-state index contributed by atoms with van der Waals surface area (Å²) < 4.78 is 31.8. The third-order valence-corrected chi connectivity index (χ3v) is 11.6. The van der Waals surface area contributed by atoms with Gasteiger partial charge in [0.05, 0.1) is 0 Å². The molecule has 10 heteroatoms. The van der Waals surface area contributed by atoms with E-state index in [1.807, 2.05) is 103 Å². The molecule has 0 saturated carbocycles. The molecule has 0 unspecified atom stereocenters. The number of ether oxygens (including phenoxy) is 5. The number of amides is 1. The van der Waals surface area contributed by atoms with Crippen LogP contribution in [0.2, 0.25) is 5.32 Å². The molecule has 0 bridgehead atoms. The zero-order chi connectivity index (χ0) is 36.1. The molecule has 6 rings (SSSR count). The van der Waals surface area contributed by atoms with Crippen molar-refractivity contribution in [1.82, 2.24) is 4.90 Å². The van der Waals surface area contributed by atoms with Crippen LogP contribution in [-0.2, 0) is 53.1 Å². The summed E-state index contributed by atoms with van der Waals surface area (Å²) in [6, 6.07) is 35.9. The Morgan fingerprint density at radius 1 is 0.804 bits per heavy atom. The molecule has 0 N–H and O–H groups in total. The summed E-state index contributed by atoms with van der Waals surface area (Å²) in [7, 11) is 1.57. The fraction of sp³-hybridized carbons (Fsp3) is 0.341. The number of hydrogen-bond acceptors (Lipinski definition) is 8. The van der Waals surface area contributed by atoms with Gasteiger partial charge in [0.2, 0.25) is 0 Å². The van der Waals surface area contributed by atoms with Gasteiger partial charge in [0.15, 0.2) is 0 Å². The summed E-state index contributed by atoms with van der Waals surface area (Å²) in [5.74, 6) is -2.47. The molecular weight excluding hydrogens is 713 g/mol. The molecule has 4 atom stereocenters. The molecule has 2 aliphatic rings. The molecule has 2 aliphatic heterocycles. The molecule has 0 spiro atoms. The third-order valence-electron chi connectivity index (χ3n) is 9.09. The summed E-state index contributed by atoms with van der Waals surface area (Å²) >= 11 is -0.336. The molecule has 1 amide bonds. The van der Waals surface area contributed by atoms with E-state index in [-0.39, 0.29) is 46.5 Å². The number of hydrogen-bond donors (Lipinski definition) is 0. The van der Waals surface area contributed by atoms with Gasteiger partial charge >= 0.3 is 306 Å². The van der Waals surface area contributed by atoms with E-state index in [1.54, 1.807) is 40.0 Å². The molecule has 51 heavy (non-hydrogen) atoms. The van der Waals surface area contributed by atoms with Gasteiger partial charge in [0.25, 0.3) is 0 Å². The van der Waals surface area contributed by atoms with Gasteiger partial charge in [0.1, 0.15) is 0 Å². The van der Waals surface area contributed by atoms with Gasteiger partial charge in [-0.05, 0) is 0 Å². The van der Waals surface area contributed by atoms with Crippen molar-refractivity contribution in [3.63, 3.8) is 0 Å². The van der Waals surface area contributed by atoms with Gasteiger partial charge in [-0.3, -0.25) is 0 Å². The fourth-order valence-corrected chi connectivity index (χ4v) is 9.25. The Bertz CT molecular complexity index is 1800. The van der Waals surface area contributed by atoms with Crippen LogP contribution >= 0.6 is 0 Å². The Morgan fingerprint density at radius 2 is 1.39 bits per heavy atom. The minimum atomic E-state index is -2.31. The molecule has 4 aromatic rings. The topological polar surface area (TPSA) is 101 Å². The zero-order valence-corrected chi connectivity index (χ0v) is 31.0. The van der Waals surface area contributed by atoms with E-state index in [0.717, 1.165) is 15.6 Å². The first-order chi connectivity index (χ1) is 24.6. The summed E-state index contributed by atoms with van der Waals surface area (Å²) in [6.07, 6.45) is -0.732. The summed E-state index contributed by atoms with van der Waals surface area (Å²) in [5, 5.41) is 0.199. The molecular formula is C41H43NO8Se. The van der Waals surface area contributed by atoms with Crippen LogP contribution in [0.15, 0.2) is 115 Å². The number of esters is 2. The predicted octanol–water partition coefficient (Wildman–Crippen LogP) is 5.63. The van der Waals surface area contributed by atoms with Crippen LogP contribution in [-0.4, -0.2) is 67.8 Å². The third kappa shape index (κ3) is 7.60. The van der Waals surface area contributed by atoms with Gasteiger partial charge in [-0.15, -0.1) is 0 Å². The van der Waals surface area contributed by atoms with Crippen molar-refractivity contribution in [3.05, 3.63) is 132 Å². The van der Waals surface area contributed by atoms with Crippen molar-refractivity contribution in [2.45, 2.75) is 75.3 Å². The van der Waals surface area contributed by atoms with E-state index in [2.05, 4.69) is 0 Å². The summed E-state index contributed by atoms with van der Waals surface area (Å²) in [6.45, 7) is 5.23. The molecule has 2 saturated heterocycles. The second-order valence-corrected chi connectivity index (χ2v) is 15.9. The first-order valence-corrected chi connectivity index (χ1v) is 19.0. The van der Waals surface area contributed by atoms with Gasteiger partial charge < -0.3 is 0 Å². The molecule has 0 radical (unpaired) electrons. The van der Waals surface area contributed by atoms with E-state index in [1.165, 1.54) is 4.90 Å². The standard InChI is InChI=1S/C41H43NO8Se/c1-39(2,3)50-38(45)41(37(44)48-27-31-16-10-6-11-17-31)40(28-51-33-18-12-7-13-19-33)34(24-35(49-40)47-26-30-14-8-5-9-15-30)36(43)42(41)25-29-20-22-32(46-4)23-21-29/h5-23,34-35H,24-28H2,1-4H3/t34-,35+,40-,41-/m0/s1. The van der Waals surface area contributed by atoms with Gasteiger partial charge in [-0.25, -0.2) is 0 Å². The van der Waals surface area contributed by atoms with Crippen LogP contribution in [0.3, 0.4) is 0 Å². The fourth-order valence-electron chi connectivity index (χ4n) is 6.72. The van der Waals surface area contributed by atoms with Crippen LogP contribution in [0.25, 0.3) is 0 Å². The van der Waals surface area contributed by atoms with E-state index in [4.69, 9.17) is 23.7 Å². The molecule has 2 fully saturated rings. The number of carbonyl (C=O) groups excluding carboxylic acids is 3. The predicted molar refractivity (Wildman–Crippen MR) is 192 cm³/mol. The number of methoxy groups -OCH3 is 1. The summed E-state index contributed by atoms with van der Waals surface area (Å²) in [5.41, 5.74) is -2.65. The number of rotatable bonds is 13. The zero-order valence-electron chi connectivity index (χ0n) is 29.3. The maximum atomic E-state index is 15.1. The second kappa shape index (κ2) is 15.4. The molecule has 266 valence electrons. The van der Waals surface area contributed by atoms with Crippen molar-refractivity contribution in [2.24, 2.45) is 5.92 Å². The van der Waals surface area contributed by atoms with E-state index >= 15 is 9.59 Å². The summed E-state index contributed by atoms with van der Waals surface area (Å²) in [4.78, 5) is 46.5. The van der Waals surface area contributed by atoms with Crippen molar-refractivity contribution in [2.75, 3.05) is 7.11 Å². The Morgan fingerprint density at radius 3 is 1.98 bits per heavy atom. The SMILES string of the molecule is COc1ccc(CN2C(=O)[C@@H]3C[C@H](OCc4ccccc4)O[C@]3(C[Se]c3ccccc3)[C@]2(C(=O)OCc2ccccc2)C(=O)OC(C)(C)C)cc1. The van der Waals surface area contributed by atoms with E-state index in [9.17, 15) is 4.79 Å². The molecule has 2 heterocycles. The van der Waals surface area contributed by atoms with Gasteiger partial charge in [-0.2, -0.15) is 0 Å². The molecule has 0 aliphatic carbocycles. The Hall–Kier alpha value is -4.47. The van der Waals surface area contributed by atoms with Crippen LogP contribution in [0.5, 0.6) is 5.75 Å². The maximum absolute atomic E-state index is 15.1. The van der Waals surface area contributed by atoms with Crippen molar-refractivity contribution in [3.8, 4) is 5.75 Å². The van der Waals surface area contributed by atoms with Crippen molar-refractivity contribution < 1.29 is 38.1 Å². The Kier molecular flexibility index (Phi) is 11.0. The number of carbonyl (C=O) groups is 3. The normalized spacial score (nSPS) is 22.7. The average Bonchev–Trinajstić information content (AvgIpc) is 3.60. The van der Waals surface area contributed by atoms with Crippen molar-refractivity contribution in [1.29, 1.82) is 0 Å². The second-order valence-electron chi connectivity index (χ2n) is 13.7. The number of likely N-dealkylation sites (tertiary alicyclic amines) is 1. The van der Waals surface area contributed by atoms with E-state index < -0.39 is 46.8 Å². The number of fused-ring (bicyclic) bond motifs is 1. The average molecular weight is 757 g/mol. The molecule has 4 aromatic carbocycles. The Balaban J connectivity index is 1.49. The van der Waals surface area contributed by atoms with Crippen LogP contribution in [0, 0.1) is 5.92 Å². The van der Waals surface area contributed by atoms with Gasteiger partial charge in [0, 0.05) is 0 Å². The number of nitrogens with zero attached hydrogens (tertiary/aromatic N) is 1.